The molecule has 110 valence electrons. The number of carbonyl (C=O) groups excluding carboxylic acids is 1. The van der Waals surface area contributed by atoms with Gasteiger partial charge in [0.05, 0.1) is 18.2 Å². The van der Waals surface area contributed by atoms with E-state index in [4.69, 9.17) is 0 Å². The first-order chi connectivity index (χ1) is 10.7. The molecule has 3 N–H and O–H groups in total. The van der Waals surface area contributed by atoms with Crippen LogP contribution in [0.4, 0.5) is 17.2 Å². The number of aromatic amines is 1. The van der Waals surface area contributed by atoms with Gasteiger partial charge in [0.25, 0.3) is 5.91 Å². The number of rotatable bonds is 4. The maximum atomic E-state index is 12.1. The van der Waals surface area contributed by atoms with Crippen molar-refractivity contribution in [1.82, 2.24) is 15.0 Å². The Morgan fingerprint density at radius 1 is 1.18 bits per heavy atom. The van der Waals surface area contributed by atoms with Gasteiger partial charge in [0.15, 0.2) is 5.82 Å². The Labute approximate surface area is 127 Å². The lowest BCUT2D eigenvalue weighted by Crippen LogP contribution is -2.13. The number of imidazole rings is 1. The summed E-state index contributed by atoms with van der Waals surface area (Å²) in [6.45, 7) is 2.03. The summed E-state index contributed by atoms with van der Waals surface area (Å²) in [7, 11) is 0. The minimum Gasteiger partial charge on any atom is -0.341 e. The molecule has 0 bridgehead atoms. The number of nitrogens with zero attached hydrogens (tertiary/aromatic N) is 2. The molecular formula is C16H15N5O. The number of H-pyrrole nitrogens is 1. The average Bonchev–Trinajstić information content (AvgIpc) is 3.06. The topological polar surface area (TPSA) is 82.7 Å². The van der Waals surface area contributed by atoms with E-state index in [1.165, 1.54) is 18.1 Å². The van der Waals surface area contributed by atoms with Crippen molar-refractivity contribution in [1.29, 1.82) is 0 Å². The summed E-state index contributed by atoms with van der Waals surface area (Å²) in [6.07, 6.45) is 4.60. The minimum absolute atomic E-state index is 0.266. The van der Waals surface area contributed by atoms with Crippen molar-refractivity contribution >= 4 is 23.1 Å². The fraction of sp³-hybridized carbons (Fsp3) is 0.0625. The zero-order valence-corrected chi connectivity index (χ0v) is 12.0. The van der Waals surface area contributed by atoms with Gasteiger partial charge in [-0.25, -0.2) is 9.97 Å². The molecule has 0 aliphatic heterocycles. The van der Waals surface area contributed by atoms with Crippen LogP contribution >= 0.6 is 0 Å². The van der Waals surface area contributed by atoms with Crippen LogP contribution in [0.3, 0.4) is 0 Å². The number of carbonyl (C=O) groups is 1. The maximum absolute atomic E-state index is 12.1. The highest BCUT2D eigenvalue weighted by Crippen LogP contribution is 2.23. The molecule has 0 aliphatic carbocycles. The van der Waals surface area contributed by atoms with Crippen LogP contribution in [0.15, 0.2) is 55.1 Å². The molecule has 0 fully saturated rings. The van der Waals surface area contributed by atoms with Crippen LogP contribution in [0, 0.1) is 6.92 Å². The SMILES string of the molecule is Cc1ccc(Nc2ncccc2NC(=O)c2cnc[nH]2)cc1. The van der Waals surface area contributed by atoms with Crippen LogP contribution in [-0.2, 0) is 0 Å². The Balaban J connectivity index is 1.80. The van der Waals surface area contributed by atoms with Crippen molar-refractivity contribution < 1.29 is 4.79 Å². The second-order valence-electron chi connectivity index (χ2n) is 4.81. The molecule has 0 saturated carbocycles. The molecule has 2 aromatic heterocycles. The normalized spacial score (nSPS) is 10.2. The summed E-state index contributed by atoms with van der Waals surface area (Å²) < 4.78 is 0. The number of nitrogens with one attached hydrogen (secondary N) is 3. The van der Waals surface area contributed by atoms with Crippen molar-refractivity contribution in [2.75, 3.05) is 10.6 Å². The van der Waals surface area contributed by atoms with E-state index in [-0.39, 0.29) is 5.91 Å². The number of aromatic nitrogens is 3. The Bertz CT molecular complexity index is 765. The van der Waals surface area contributed by atoms with Gasteiger partial charge in [-0.2, -0.15) is 0 Å². The molecule has 1 amide bonds. The smallest absolute Gasteiger partial charge is 0.273 e. The van der Waals surface area contributed by atoms with E-state index < -0.39 is 0 Å². The van der Waals surface area contributed by atoms with Crippen molar-refractivity contribution in [2.45, 2.75) is 6.92 Å². The van der Waals surface area contributed by atoms with Crippen molar-refractivity contribution in [3.05, 3.63) is 66.4 Å². The van der Waals surface area contributed by atoms with E-state index >= 15 is 0 Å². The molecule has 0 aliphatic rings. The standard InChI is InChI=1S/C16H15N5O/c1-11-4-6-12(7-5-11)20-15-13(3-2-8-18-15)21-16(22)14-9-17-10-19-14/h2-10H,1H3,(H,17,19)(H,18,20)(H,21,22). The lowest BCUT2D eigenvalue weighted by molar-refractivity contribution is 0.102. The molecule has 0 spiro atoms. The van der Waals surface area contributed by atoms with E-state index in [1.807, 2.05) is 31.2 Å². The molecule has 0 radical (unpaired) electrons. The van der Waals surface area contributed by atoms with Gasteiger partial charge < -0.3 is 15.6 Å². The minimum atomic E-state index is -0.266. The molecule has 0 unspecified atom stereocenters. The summed E-state index contributed by atoms with van der Waals surface area (Å²) in [6, 6.07) is 11.5. The summed E-state index contributed by atoms with van der Waals surface area (Å²) in [5.41, 5.74) is 3.08. The Kier molecular flexibility index (Phi) is 3.82. The third-order valence-electron chi connectivity index (χ3n) is 3.11. The number of amides is 1. The lowest BCUT2D eigenvalue weighted by Gasteiger charge is -2.11. The quantitative estimate of drug-likeness (QED) is 0.690. The first-order valence-corrected chi connectivity index (χ1v) is 6.81. The summed E-state index contributed by atoms with van der Waals surface area (Å²) in [4.78, 5) is 23.0. The van der Waals surface area contributed by atoms with E-state index in [9.17, 15) is 4.79 Å². The number of hydrogen-bond donors (Lipinski definition) is 3. The first-order valence-electron chi connectivity index (χ1n) is 6.81. The van der Waals surface area contributed by atoms with E-state index in [0.29, 0.717) is 17.2 Å². The molecule has 0 atom stereocenters. The summed E-state index contributed by atoms with van der Waals surface area (Å²) in [5.74, 6) is 0.316. The van der Waals surface area contributed by atoms with E-state index in [0.717, 1.165) is 5.69 Å². The van der Waals surface area contributed by atoms with Crippen LogP contribution in [0.1, 0.15) is 16.1 Å². The average molecular weight is 293 g/mol. The number of pyridine rings is 1. The molecule has 22 heavy (non-hydrogen) atoms. The third kappa shape index (κ3) is 3.12. The largest absolute Gasteiger partial charge is 0.341 e. The Morgan fingerprint density at radius 3 is 2.73 bits per heavy atom. The van der Waals surface area contributed by atoms with Crippen molar-refractivity contribution in [2.24, 2.45) is 0 Å². The van der Waals surface area contributed by atoms with Gasteiger partial charge >= 0.3 is 0 Å². The monoisotopic (exact) mass is 293 g/mol. The van der Waals surface area contributed by atoms with Crippen LogP contribution in [-0.4, -0.2) is 20.9 Å². The zero-order valence-electron chi connectivity index (χ0n) is 12.0. The van der Waals surface area contributed by atoms with Gasteiger partial charge in [-0.15, -0.1) is 0 Å². The van der Waals surface area contributed by atoms with Crippen LogP contribution < -0.4 is 10.6 Å². The zero-order chi connectivity index (χ0) is 15.4. The number of anilines is 3. The van der Waals surface area contributed by atoms with Crippen molar-refractivity contribution in [3.63, 3.8) is 0 Å². The van der Waals surface area contributed by atoms with Crippen LogP contribution in [0.25, 0.3) is 0 Å². The van der Waals surface area contributed by atoms with Crippen molar-refractivity contribution in [3.8, 4) is 0 Å². The van der Waals surface area contributed by atoms with Gasteiger partial charge in [0.1, 0.15) is 5.69 Å². The molecular weight excluding hydrogens is 278 g/mol. The van der Waals surface area contributed by atoms with Gasteiger partial charge in [0.2, 0.25) is 0 Å². The molecule has 0 saturated heterocycles. The maximum Gasteiger partial charge on any atom is 0.273 e. The highest BCUT2D eigenvalue weighted by atomic mass is 16.1. The molecule has 1 aromatic carbocycles. The van der Waals surface area contributed by atoms with Crippen LogP contribution in [0.5, 0.6) is 0 Å². The van der Waals surface area contributed by atoms with E-state index in [1.54, 1.807) is 18.3 Å². The predicted molar refractivity (Wildman–Crippen MR) is 85.2 cm³/mol. The molecule has 3 rings (SSSR count). The van der Waals surface area contributed by atoms with E-state index in [2.05, 4.69) is 25.6 Å². The Morgan fingerprint density at radius 2 is 2.00 bits per heavy atom. The highest BCUT2D eigenvalue weighted by Gasteiger charge is 2.10. The van der Waals surface area contributed by atoms with Gasteiger partial charge in [-0.1, -0.05) is 17.7 Å². The second kappa shape index (κ2) is 6.09. The van der Waals surface area contributed by atoms with Gasteiger partial charge in [-0.05, 0) is 31.2 Å². The third-order valence-corrected chi connectivity index (χ3v) is 3.11. The Hall–Kier alpha value is -3.15. The van der Waals surface area contributed by atoms with Gasteiger partial charge in [0, 0.05) is 11.9 Å². The number of benzene rings is 1. The highest BCUT2D eigenvalue weighted by molar-refractivity contribution is 6.04. The second-order valence-corrected chi connectivity index (χ2v) is 4.81. The summed E-state index contributed by atoms with van der Waals surface area (Å²) >= 11 is 0. The first kappa shape index (κ1) is 13.8. The molecule has 6 nitrogen and oxygen atoms in total. The fourth-order valence-corrected chi connectivity index (χ4v) is 1.95. The van der Waals surface area contributed by atoms with Gasteiger partial charge in [-0.3, -0.25) is 4.79 Å². The molecule has 2 heterocycles. The molecule has 3 aromatic rings. The number of aryl methyl sites for hydroxylation is 1. The predicted octanol–water partition coefficient (Wildman–Crippen LogP) is 3.11. The van der Waals surface area contributed by atoms with Crippen LogP contribution in [0.2, 0.25) is 0 Å². The summed E-state index contributed by atoms with van der Waals surface area (Å²) in [5, 5.41) is 6.01. The lowest BCUT2D eigenvalue weighted by atomic mass is 10.2. The molecule has 6 heteroatoms. The number of hydrogen-bond acceptors (Lipinski definition) is 4. The fourth-order valence-electron chi connectivity index (χ4n) is 1.95.